The van der Waals surface area contributed by atoms with Gasteiger partial charge in [-0.05, 0) is 18.6 Å². The summed E-state index contributed by atoms with van der Waals surface area (Å²) in [5.74, 6) is 0. The van der Waals surface area contributed by atoms with Crippen molar-refractivity contribution in [1.29, 1.82) is 0 Å². The van der Waals surface area contributed by atoms with E-state index in [-0.39, 0.29) is 15.4 Å². The summed E-state index contributed by atoms with van der Waals surface area (Å²) < 4.78 is 0. The molecule has 0 saturated carbocycles. The Morgan fingerprint density at radius 1 is 1.00 bits per heavy atom. The molecule has 0 aliphatic rings. The van der Waals surface area contributed by atoms with Crippen LogP contribution in [-0.2, 0) is 0 Å². The SMILES string of the molecule is CC(Cl)c1cc(Cl)c(Cl)c(Cl)c1Cl. The molecule has 0 fully saturated rings. The highest BCUT2D eigenvalue weighted by Gasteiger charge is 2.15. The third kappa shape index (κ3) is 2.37. The summed E-state index contributed by atoms with van der Waals surface area (Å²) in [6, 6.07) is 1.62. The molecule has 0 radical (unpaired) electrons. The maximum Gasteiger partial charge on any atom is 0.0797 e. The lowest BCUT2D eigenvalue weighted by atomic mass is 10.2. The van der Waals surface area contributed by atoms with Gasteiger partial charge in [-0.2, -0.15) is 0 Å². The topological polar surface area (TPSA) is 0 Å². The van der Waals surface area contributed by atoms with Crippen LogP contribution in [0.3, 0.4) is 0 Å². The molecule has 0 nitrogen and oxygen atoms in total. The smallest absolute Gasteiger partial charge is 0.0797 e. The first-order valence-electron chi connectivity index (χ1n) is 3.42. The zero-order valence-electron chi connectivity index (χ0n) is 6.54. The number of rotatable bonds is 1. The molecule has 1 atom stereocenters. The molecule has 0 N–H and O–H groups in total. The van der Waals surface area contributed by atoms with Crippen LogP contribution in [0, 0.1) is 0 Å². The van der Waals surface area contributed by atoms with Gasteiger partial charge in [0.05, 0.1) is 25.5 Å². The Bertz CT molecular complexity index is 332. The van der Waals surface area contributed by atoms with Gasteiger partial charge in [-0.25, -0.2) is 0 Å². The van der Waals surface area contributed by atoms with E-state index < -0.39 is 0 Å². The Kier molecular flexibility index (Phi) is 4.03. The molecule has 1 unspecified atom stereocenters. The van der Waals surface area contributed by atoms with E-state index in [0.29, 0.717) is 15.6 Å². The third-order valence-electron chi connectivity index (χ3n) is 1.56. The fourth-order valence-corrected chi connectivity index (χ4v) is 2.09. The number of benzene rings is 1. The molecule has 0 bridgehead atoms. The lowest BCUT2D eigenvalue weighted by molar-refractivity contribution is 1.08. The molecule has 5 heteroatoms. The van der Waals surface area contributed by atoms with E-state index in [1.165, 1.54) is 0 Å². The summed E-state index contributed by atoms with van der Waals surface area (Å²) in [4.78, 5) is 0. The largest absolute Gasteiger partial charge is 0.118 e. The number of alkyl halides is 1. The normalized spacial score (nSPS) is 13.1. The summed E-state index contributed by atoms with van der Waals surface area (Å²) in [6.07, 6.45) is 0. The summed E-state index contributed by atoms with van der Waals surface area (Å²) in [7, 11) is 0. The summed E-state index contributed by atoms with van der Waals surface area (Å²) in [5, 5.41) is 0.977. The van der Waals surface area contributed by atoms with Crippen LogP contribution in [0.15, 0.2) is 6.07 Å². The summed E-state index contributed by atoms with van der Waals surface area (Å²) in [5.41, 5.74) is 0.683. The number of halogens is 5. The monoisotopic (exact) mass is 276 g/mol. The molecule has 0 aromatic heterocycles. The van der Waals surface area contributed by atoms with Crippen LogP contribution in [0.1, 0.15) is 17.9 Å². The molecule has 72 valence electrons. The van der Waals surface area contributed by atoms with Crippen molar-refractivity contribution in [2.24, 2.45) is 0 Å². The second kappa shape index (κ2) is 4.46. The fraction of sp³-hybridized carbons (Fsp3) is 0.250. The lowest BCUT2D eigenvalue weighted by Crippen LogP contribution is -1.88. The van der Waals surface area contributed by atoms with Gasteiger partial charge in [0.25, 0.3) is 0 Å². The van der Waals surface area contributed by atoms with Crippen LogP contribution < -0.4 is 0 Å². The minimum atomic E-state index is -0.250. The molecular formula is C8H5Cl5. The van der Waals surface area contributed by atoms with Crippen LogP contribution in [-0.4, -0.2) is 0 Å². The van der Waals surface area contributed by atoms with Crippen LogP contribution in [0.5, 0.6) is 0 Å². The Labute approximate surface area is 102 Å². The molecule has 0 amide bonds. The van der Waals surface area contributed by atoms with Crippen LogP contribution in [0.25, 0.3) is 0 Å². The van der Waals surface area contributed by atoms with E-state index in [1.54, 1.807) is 13.0 Å². The van der Waals surface area contributed by atoms with Crippen molar-refractivity contribution >= 4 is 58.0 Å². The Morgan fingerprint density at radius 2 is 1.54 bits per heavy atom. The maximum absolute atomic E-state index is 5.91. The average Bonchev–Trinajstić information content (AvgIpc) is 2.07. The second-order valence-corrected chi connectivity index (χ2v) is 4.70. The molecule has 1 aromatic carbocycles. The molecule has 0 aliphatic heterocycles. The van der Waals surface area contributed by atoms with Crippen LogP contribution >= 0.6 is 58.0 Å². The third-order valence-corrected chi connectivity index (χ3v) is 3.56. The van der Waals surface area contributed by atoms with Gasteiger partial charge in [0.15, 0.2) is 0 Å². The van der Waals surface area contributed by atoms with Crippen molar-refractivity contribution < 1.29 is 0 Å². The molecule has 0 aliphatic carbocycles. The highest BCUT2D eigenvalue weighted by Crippen LogP contribution is 2.41. The highest BCUT2D eigenvalue weighted by molar-refractivity contribution is 6.52. The van der Waals surface area contributed by atoms with Gasteiger partial charge in [-0.15, -0.1) is 11.6 Å². The van der Waals surface area contributed by atoms with Gasteiger partial charge in [-0.3, -0.25) is 0 Å². The molecule has 0 saturated heterocycles. The maximum atomic E-state index is 5.91. The minimum absolute atomic E-state index is 0.248. The molecule has 0 spiro atoms. The van der Waals surface area contributed by atoms with E-state index in [2.05, 4.69) is 0 Å². The first kappa shape index (κ1) is 11.7. The van der Waals surface area contributed by atoms with Gasteiger partial charge in [0.1, 0.15) is 0 Å². The highest BCUT2D eigenvalue weighted by atomic mass is 35.5. The van der Waals surface area contributed by atoms with E-state index in [1.807, 2.05) is 0 Å². The van der Waals surface area contributed by atoms with Crippen molar-refractivity contribution in [2.45, 2.75) is 12.3 Å². The van der Waals surface area contributed by atoms with Crippen molar-refractivity contribution in [3.63, 3.8) is 0 Å². The zero-order chi connectivity index (χ0) is 10.2. The fourth-order valence-electron chi connectivity index (χ4n) is 0.881. The van der Waals surface area contributed by atoms with E-state index in [0.717, 1.165) is 0 Å². The van der Waals surface area contributed by atoms with Gasteiger partial charge in [0.2, 0.25) is 0 Å². The van der Waals surface area contributed by atoms with Gasteiger partial charge < -0.3 is 0 Å². The summed E-state index contributed by atoms with van der Waals surface area (Å²) in [6.45, 7) is 1.78. The second-order valence-electron chi connectivity index (χ2n) is 2.51. The van der Waals surface area contributed by atoms with Gasteiger partial charge in [-0.1, -0.05) is 46.4 Å². The first-order chi connectivity index (χ1) is 5.95. The summed E-state index contributed by atoms with van der Waals surface area (Å²) >= 11 is 29.2. The minimum Gasteiger partial charge on any atom is -0.118 e. The van der Waals surface area contributed by atoms with E-state index in [9.17, 15) is 0 Å². The molecule has 1 rings (SSSR count). The quantitative estimate of drug-likeness (QED) is 0.356. The van der Waals surface area contributed by atoms with Crippen molar-refractivity contribution in [1.82, 2.24) is 0 Å². The van der Waals surface area contributed by atoms with Crippen molar-refractivity contribution in [3.8, 4) is 0 Å². The molecular weight excluding hydrogens is 273 g/mol. The Balaban J connectivity index is 3.41. The molecule has 13 heavy (non-hydrogen) atoms. The van der Waals surface area contributed by atoms with Crippen molar-refractivity contribution in [2.75, 3.05) is 0 Å². The first-order valence-corrected chi connectivity index (χ1v) is 5.37. The van der Waals surface area contributed by atoms with Crippen LogP contribution in [0.4, 0.5) is 0 Å². The van der Waals surface area contributed by atoms with Crippen molar-refractivity contribution in [3.05, 3.63) is 31.7 Å². The Morgan fingerprint density at radius 3 is 2.00 bits per heavy atom. The van der Waals surface area contributed by atoms with Gasteiger partial charge in [0, 0.05) is 0 Å². The van der Waals surface area contributed by atoms with E-state index in [4.69, 9.17) is 58.0 Å². The molecule has 1 aromatic rings. The predicted octanol–water partition coefficient (Wildman–Crippen LogP) is 5.60. The Hall–Kier alpha value is 0.670. The zero-order valence-corrected chi connectivity index (χ0v) is 10.3. The number of hydrogen-bond acceptors (Lipinski definition) is 0. The molecule has 0 heterocycles. The predicted molar refractivity (Wildman–Crippen MR) is 60.8 cm³/mol. The van der Waals surface area contributed by atoms with Crippen LogP contribution in [0.2, 0.25) is 20.1 Å². The lowest BCUT2D eigenvalue weighted by Gasteiger charge is -2.10. The van der Waals surface area contributed by atoms with Gasteiger partial charge >= 0.3 is 0 Å². The van der Waals surface area contributed by atoms with E-state index >= 15 is 0 Å². The number of hydrogen-bond donors (Lipinski definition) is 0. The standard InChI is InChI=1S/C8H5Cl5/c1-3(9)4-2-5(10)7(12)8(13)6(4)11/h2-3H,1H3. The average molecular weight is 278 g/mol.